The van der Waals surface area contributed by atoms with Crippen LogP contribution in [0.3, 0.4) is 0 Å². The number of halogens is 3. The predicted octanol–water partition coefficient (Wildman–Crippen LogP) is 9.02. The summed E-state index contributed by atoms with van der Waals surface area (Å²) in [7, 11) is 0. The first-order valence-electron chi connectivity index (χ1n) is 15.5. The predicted molar refractivity (Wildman–Crippen MR) is 168 cm³/mol. The van der Waals surface area contributed by atoms with E-state index in [-0.39, 0.29) is 24.2 Å². The number of esters is 1. The van der Waals surface area contributed by atoms with E-state index in [1.54, 1.807) is 28.9 Å². The van der Waals surface area contributed by atoms with E-state index in [2.05, 4.69) is 5.10 Å². The van der Waals surface area contributed by atoms with E-state index in [4.69, 9.17) is 14.2 Å². The third-order valence-electron chi connectivity index (χ3n) is 7.66. The van der Waals surface area contributed by atoms with Gasteiger partial charge in [0.15, 0.2) is 6.23 Å². The van der Waals surface area contributed by atoms with Crippen molar-refractivity contribution in [3.05, 3.63) is 94.9 Å². The van der Waals surface area contributed by atoms with Gasteiger partial charge in [0.05, 0.1) is 17.5 Å². The van der Waals surface area contributed by atoms with E-state index in [1.165, 1.54) is 18.2 Å². The number of allylic oxidation sites excluding steroid dienone is 1. The van der Waals surface area contributed by atoms with Crippen molar-refractivity contribution in [3.63, 3.8) is 0 Å². The van der Waals surface area contributed by atoms with Crippen LogP contribution in [0.1, 0.15) is 89.1 Å². The van der Waals surface area contributed by atoms with Crippen LogP contribution in [0.2, 0.25) is 0 Å². The quantitative estimate of drug-likeness (QED) is 0.101. The highest BCUT2D eigenvalue weighted by Crippen LogP contribution is 2.39. The minimum absolute atomic E-state index is 0.121. The lowest BCUT2D eigenvalue weighted by Gasteiger charge is -2.23. The molecule has 0 N–H and O–H groups in total. The fraction of sp³-hybridized carbons (Fsp3) is 0.389. The van der Waals surface area contributed by atoms with Gasteiger partial charge in [-0.25, -0.2) is 13.5 Å². The maximum Gasteiger partial charge on any atom is 0.306 e. The molecule has 0 saturated carbocycles. The highest BCUT2D eigenvalue weighted by molar-refractivity contribution is 6.00. The number of hydrogen-bond donors (Lipinski definition) is 0. The minimum atomic E-state index is -0.677. The Hall–Kier alpha value is -4.11. The van der Waals surface area contributed by atoms with Gasteiger partial charge < -0.3 is 14.2 Å². The second-order valence-corrected chi connectivity index (χ2v) is 12.2. The number of carbonyl (C=O) groups is 1. The molecule has 1 atom stereocenters. The smallest absolute Gasteiger partial charge is 0.306 e. The topological polar surface area (TPSA) is 62.6 Å². The van der Waals surface area contributed by atoms with Crippen molar-refractivity contribution in [1.82, 2.24) is 9.78 Å². The molecule has 2 heterocycles. The molecule has 0 radical (unpaired) electrons. The number of rotatable bonds is 10. The Morgan fingerprint density at radius 2 is 1.71 bits per heavy atom. The Labute approximate surface area is 261 Å². The molecule has 1 aliphatic rings. The Kier molecular flexibility index (Phi) is 9.97. The summed E-state index contributed by atoms with van der Waals surface area (Å²) >= 11 is 0. The van der Waals surface area contributed by atoms with Crippen LogP contribution in [0, 0.1) is 17.6 Å². The molecule has 6 nitrogen and oxygen atoms in total. The summed E-state index contributed by atoms with van der Waals surface area (Å²) in [5.41, 5.74) is 2.22. The van der Waals surface area contributed by atoms with Crippen molar-refractivity contribution >= 4 is 28.0 Å². The second kappa shape index (κ2) is 13.9. The molecule has 9 heteroatoms. The largest absolute Gasteiger partial charge is 0.494 e. The first-order chi connectivity index (χ1) is 21.6. The van der Waals surface area contributed by atoms with Crippen molar-refractivity contribution in [2.75, 3.05) is 13.2 Å². The normalized spacial score (nSPS) is 16.0. The summed E-state index contributed by atoms with van der Waals surface area (Å²) in [5, 5.41) is 4.46. The van der Waals surface area contributed by atoms with Crippen LogP contribution in [0.4, 0.5) is 13.2 Å². The van der Waals surface area contributed by atoms with Crippen LogP contribution in [-0.2, 0) is 14.3 Å². The number of ether oxygens (including phenoxy) is 3. The molecule has 1 aliphatic heterocycles. The third kappa shape index (κ3) is 7.59. The van der Waals surface area contributed by atoms with Gasteiger partial charge >= 0.3 is 5.97 Å². The minimum Gasteiger partial charge on any atom is -0.494 e. The van der Waals surface area contributed by atoms with Gasteiger partial charge in [-0.1, -0.05) is 31.2 Å². The highest BCUT2D eigenvalue weighted by atomic mass is 19.1. The van der Waals surface area contributed by atoms with E-state index < -0.39 is 23.2 Å². The van der Waals surface area contributed by atoms with Crippen LogP contribution < -0.4 is 4.74 Å². The van der Waals surface area contributed by atoms with Crippen LogP contribution >= 0.6 is 0 Å². The van der Waals surface area contributed by atoms with Crippen LogP contribution in [-0.4, -0.2) is 34.6 Å². The fourth-order valence-corrected chi connectivity index (χ4v) is 5.69. The molecule has 0 amide bonds. The molecular weight excluding hydrogens is 581 g/mol. The number of fused-ring (bicyclic) bond motifs is 1. The van der Waals surface area contributed by atoms with E-state index in [1.807, 2.05) is 45.9 Å². The lowest BCUT2D eigenvalue weighted by Crippen LogP contribution is -2.23. The monoisotopic (exact) mass is 620 g/mol. The van der Waals surface area contributed by atoms with Crippen LogP contribution in [0.15, 0.2) is 60.7 Å². The molecule has 238 valence electrons. The van der Waals surface area contributed by atoms with Gasteiger partial charge in [0.25, 0.3) is 0 Å². The van der Waals surface area contributed by atoms with Gasteiger partial charge in [0.2, 0.25) is 5.95 Å². The lowest BCUT2D eigenvalue weighted by molar-refractivity contribution is -0.155. The van der Waals surface area contributed by atoms with Crippen molar-refractivity contribution in [2.45, 2.75) is 78.0 Å². The fourth-order valence-electron chi connectivity index (χ4n) is 5.69. The lowest BCUT2D eigenvalue weighted by atomic mass is 9.87. The van der Waals surface area contributed by atoms with Crippen LogP contribution in [0.25, 0.3) is 22.0 Å². The van der Waals surface area contributed by atoms with Gasteiger partial charge in [-0.05, 0) is 112 Å². The SMILES string of the molecule is CC/C(=C(/c1ccc(OCCCC(=O)OC(C)(C)C)cc1)c1ccc2c(c1)c(F)nn2C1CCCCO1)c1c(F)cccc1F. The first kappa shape index (κ1) is 32.3. The molecule has 1 saturated heterocycles. The van der Waals surface area contributed by atoms with Crippen LogP contribution in [0.5, 0.6) is 5.75 Å². The molecule has 0 bridgehead atoms. The second-order valence-electron chi connectivity index (χ2n) is 12.2. The van der Waals surface area contributed by atoms with Crippen molar-refractivity contribution in [2.24, 2.45) is 0 Å². The van der Waals surface area contributed by atoms with Gasteiger partial charge in [-0.3, -0.25) is 4.79 Å². The molecule has 0 spiro atoms. The molecule has 1 aromatic heterocycles. The van der Waals surface area contributed by atoms with E-state index in [9.17, 15) is 4.79 Å². The third-order valence-corrected chi connectivity index (χ3v) is 7.66. The Balaban J connectivity index is 1.49. The van der Waals surface area contributed by atoms with E-state index in [0.717, 1.165) is 19.3 Å². The highest BCUT2D eigenvalue weighted by Gasteiger charge is 2.24. The maximum atomic E-state index is 15.3. The molecular formula is C36H39F3N2O4. The Morgan fingerprint density at radius 3 is 2.36 bits per heavy atom. The summed E-state index contributed by atoms with van der Waals surface area (Å²) in [6.45, 7) is 8.21. The molecule has 3 aromatic carbocycles. The van der Waals surface area contributed by atoms with Gasteiger partial charge in [-0.2, -0.15) is 4.39 Å². The number of hydrogen-bond acceptors (Lipinski definition) is 5. The molecule has 5 rings (SSSR count). The standard InChI is InChI=1S/C36H39F3N2O4/c1-5-26(34-28(37)10-8-11-29(34)38)33(23-14-17-25(18-15-23)43-21-9-13-32(42)45-36(2,3)4)24-16-19-30-27(22-24)35(39)40-41(30)31-12-6-7-20-44-31/h8,10-11,14-19,22,31H,5-7,9,12-13,20-21H2,1-4H3/b33-26+. The molecule has 4 aromatic rings. The first-order valence-corrected chi connectivity index (χ1v) is 15.5. The molecule has 45 heavy (non-hydrogen) atoms. The zero-order valence-corrected chi connectivity index (χ0v) is 26.2. The summed E-state index contributed by atoms with van der Waals surface area (Å²) in [5.74, 6) is -1.69. The van der Waals surface area contributed by atoms with E-state index in [0.29, 0.717) is 65.0 Å². The average molecular weight is 621 g/mol. The summed E-state index contributed by atoms with van der Waals surface area (Å²) < 4.78 is 64.3. The summed E-state index contributed by atoms with van der Waals surface area (Å²) in [6, 6.07) is 16.3. The summed E-state index contributed by atoms with van der Waals surface area (Å²) in [6.07, 6.45) is 3.35. The molecule has 0 aliphatic carbocycles. The molecule has 1 fully saturated rings. The van der Waals surface area contributed by atoms with Crippen molar-refractivity contribution in [1.29, 1.82) is 0 Å². The van der Waals surface area contributed by atoms with Gasteiger partial charge in [0, 0.05) is 18.6 Å². The number of nitrogens with zero attached hydrogens (tertiary/aromatic N) is 2. The van der Waals surface area contributed by atoms with Gasteiger partial charge in [-0.15, -0.1) is 5.10 Å². The maximum absolute atomic E-state index is 15.3. The summed E-state index contributed by atoms with van der Waals surface area (Å²) in [4.78, 5) is 12.0. The number of carbonyl (C=O) groups excluding carboxylic acids is 1. The number of aromatic nitrogens is 2. The zero-order chi connectivity index (χ0) is 32.1. The molecule has 1 unspecified atom stereocenters. The number of benzene rings is 3. The van der Waals surface area contributed by atoms with E-state index >= 15 is 13.2 Å². The van der Waals surface area contributed by atoms with Crippen molar-refractivity contribution < 1.29 is 32.2 Å². The van der Waals surface area contributed by atoms with Crippen molar-refractivity contribution in [3.8, 4) is 5.75 Å². The average Bonchev–Trinajstić information content (AvgIpc) is 3.34. The Morgan fingerprint density at radius 1 is 1.00 bits per heavy atom. The zero-order valence-electron chi connectivity index (χ0n) is 26.2. The Bertz CT molecular complexity index is 1660. The van der Waals surface area contributed by atoms with Gasteiger partial charge in [0.1, 0.15) is 23.0 Å².